The Balaban J connectivity index is 1.54. The molecule has 1 fully saturated rings. The summed E-state index contributed by atoms with van der Waals surface area (Å²) in [6.07, 6.45) is 1.35. The van der Waals surface area contributed by atoms with Gasteiger partial charge in [0.25, 0.3) is 0 Å². The average molecular weight is 304 g/mol. The minimum Gasteiger partial charge on any atom is -0.446 e. The molecule has 1 atom stereocenters. The van der Waals surface area contributed by atoms with Gasteiger partial charge in [-0.3, -0.25) is 4.79 Å². The van der Waals surface area contributed by atoms with Crippen molar-refractivity contribution >= 4 is 17.7 Å². The summed E-state index contributed by atoms with van der Waals surface area (Å²) in [6, 6.07) is 7.67. The molecule has 2 N–H and O–H groups in total. The van der Waals surface area contributed by atoms with E-state index >= 15 is 0 Å². The molecule has 6 nitrogen and oxygen atoms in total. The molecule has 2 aliphatic rings. The van der Waals surface area contributed by atoms with Gasteiger partial charge in [-0.05, 0) is 11.6 Å². The number of hydrogen-bond acceptors (Lipinski definition) is 4. The monoisotopic (exact) mass is 304 g/mol. The first kappa shape index (κ1) is 14.8. The number of fused-ring (bicyclic) bond motifs is 1. The molecule has 1 aromatic rings. The third kappa shape index (κ3) is 3.57. The van der Waals surface area contributed by atoms with Gasteiger partial charge in [-0.25, -0.2) is 4.79 Å². The molecule has 0 spiro atoms. The first-order valence-electron chi connectivity index (χ1n) is 7.63. The van der Waals surface area contributed by atoms with Gasteiger partial charge in [0.15, 0.2) is 0 Å². The maximum Gasteiger partial charge on any atom is 0.407 e. The van der Waals surface area contributed by atoms with Crippen LogP contribution in [0.3, 0.4) is 0 Å². The number of ether oxygens (including phenoxy) is 2. The highest BCUT2D eigenvalue weighted by atomic mass is 16.6. The molecular formula is C16H20N2O4. The van der Waals surface area contributed by atoms with Crippen molar-refractivity contribution in [2.45, 2.75) is 31.3 Å². The zero-order valence-electron chi connectivity index (χ0n) is 12.3. The number of anilines is 1. The van der Waals surface area contributed by atoms with E-state index in [-0.39, 0.29) is 17.9 Å². The van der Waals surface area contributed by atoms with E-state index in [1.807, 2.05) is 24.3 Å². The van der Waals surface area contributed by atoms with Gasteiger partial charge in [0, 0.05) is 37.4 Å². The van der Waals surface area contributed by atoms with E-state index in [1.165, 1.54) is 0 Å². The highest BCUT2D eigenvalue weighted by Gasteiger charge is 2.25. The van der Waals surface area contributed by atoms with E-state index in [0.29, 0.717) is 26.2 Å². The number of benzene rings is 1. The first-order chi connectivity index (χ1) is 10.7. The number of nitrogens with one attached hydrogen (secondary N) is 2. The molecule has 2 amide bonds. The molecule has 6 heteroatoms. The van der Waals surface area contributed by atoms with Crippen molar-refractivity contribution in [1.29, 1.82) is 0 Å². The van der Waals surface area contributed by atoms with Crippen LogP contribution in [0.25, 0.3) is 0 Å². The summed E-state index contributed by atoms with van der Waals surface area (Å²) in [4.78, 5) is 23.6. The molecule has 22 heavy (non-hydrogen) atoms. The number of alkyl carbamates (subject to hydrolysis) is 1. The summed E-state index contributed by atoms with van der Waals surface area (Å²) >= 11 is 0. The van der Waals surface area contributed by atoms with Gasteiger partial charge in [-0.2, -0.15) is 0 Å². The van der Waals surface area contributed by atoms with E-state index in [4.69, 9.17) is 9.47 Å². The van der Waals surface area contributed by atoms with Crippen LogP contribution in [-0.2, 0) is 14.3 Å². The van der Waals surface area contributed by atoms with Crippen LogP contribution in [0.2, 0.25) is 0 Å². The number of amides is 2. The van der Waals surface area contributed by atoms with Gasteiger partial charge >= 0.3 is 6.09 Å². The molecule has 0 bridgehead atoms. The Morgan fingerprint density at radius 3 is 2.91 bits per heavy atom. The predicted octanol–water partition coefficient (Wildman–Crippen LogP) is 2.02. The van der Waals surface area contributed by atoms with Gasteiger partial charge in [0.1, 0.15) is 6.10 Å². The standard InChI is InChI=1S/C16H20N2O4/c19-15-9-11(13-3-1-2-4-14(13)18-15)10-17-16(20)22-12-5-7-21-8-6-12/h1-4,11-12H,5-10H2,(H,17,20)(H,18,19). The fourth-order valence-electron chi connectivity index (χ4n) is 2.88. The van der Waals surface area contributed by atoms with Gasteiger partial charge in [0.2, 0.25) is 5.91 Å². The largest absolute Gasteiger partial charge is 0.446 e. The molecule has 0 radical (unpaired) electrons. The number of rotatable bonds is 3. The molecule has 3 rings (SSSR count). The van der Waals surface area contributed by atoms with Crippen molar-refractivity contribution in [3.05, 3.63) is 29.8 Å². The zero-order valence-corrected chi connectivity index (χ0v) is 12.3. The molecule has 2 aliphatic heterocycles. The number of para-hydroxylation sites is 1. The van der Waals surface area contributed by atoms with Crippen molar-refractivity contribution in [3.8, 4) is 0 Å². The third-order valence-electron chi connectivity index (χ3n) is 4.04. The Labute approximate surface area is 129 Å². The van der Waals surface area contributed by atoms with Crippen LogP contribution in [0.5, 0.6) is 0 Å². The smallest absolute Gasteiger partial charge is 0.407 e. The number of carbonyl (C=O) groups is 2. The summed E-state index contributed by atoms with van der Waals surface area (Å²) < 4.78 is 10.6. The summed E-state index contributed by atoms with van der Waals surface area (Å²) in [5.74, 6) is -0.0458. The Hall–Kier alpha value is -2.08. The van der Waals surface area contributed by atoms with Gasteiger partial charge < -0.3 is 20.1 Å². The second-order valence-electron chi connectivity index (χ2n) is 5.63. The van der Waals surface area contributed by atoms with Crippen molar-refractivity contribution in [2.24, 2.45) is 0 Å². The average Bonchev–Trinajstić information content (AvgIpc) is 2.53. The minimum absolute atomic E-state index is 0.0211. The third-order valence-corrected chi connectivity index (χ3v) is 4.04. The SMILES string of the molecule is O=C1CC(CNC(=O)OC2CCOCC2)c2ccccc2N1. The molecule has 2 heterocycles. The maximum atomic E-state index is 11.9. The molecule has 1 aromatic carbocycles. The van der Waals surface area contributed by atoms with E-state index < -0.39 is 6.09 Å². The van der Waals surface area contributed by atoms with Crippen molar-refractivity contribution in [3.63, 3.8) is 0 Å². The molecule has 118 valence electrons. The Bertz CT molecular complexity index is 555. The summed E-state index contributed by atoms with van der Waals surface area (Å²) in [7, 11) is 0. The first-order valence-corrected chi connectivity index (χ1v) is 7.63. The van der Waals surface area contributed by atoms with Gasteiger partial charge in [0.05, 0.1) is 13.2 Å². The molecule has 0 aromatic heterocycles. The maximum absolute atomic E-state index is 11.9. The Morgan fingerprint density at radius 2 is 2.09 bits per heavy atom. The Morgan fingerprint density at radius 1 is 1.32 bits per heavy atom. The van der Waals surface area contributed by atoms with Gasteiger partial charge in [-0.1, -0.05) is 18.2 Å². The van der Waals surface area contributed by atoms with E-state index in [1.54, 1.807) is 0 Å². The second-order valence-corrected chi connectivity index (χ2v) is 5.63. The molecule has 1 saturated heterocycles. The lowest BCUT2D eigenvalue weighted by molar-refractivity contribution is -0.116. The Kier molecular flexibility index (Phi) is 4.58. The topological polar surface area (TPSA) is 76.7 Å². The van der Waals surface area contributed by atoms with Gasteiger partial charge in [-0.15, -0.1) is 0 Å². The van der Waals surface area contributed by atoms with Crippen molar-refractivity contribution in [2.75, 3.05) is 25.1 Å². The van der Waals surface area contributed by atoms with Crippen LogP contribution in [0.15, 0.2) is 24.3 Å². The lowest BCUT2D eigenvalue weighted by atomic mass is 9.90. The normalized spacial score (nSPS) is 21.6. The van der Waals surface area contributed by atoms with Crippen LogP contribution >= 0.6 is 0 Å². The van der Waals surface area contributed by atoms with Crippen LogP contribution in [-0.4, -0.2) is 37.9 Å². The lowest BCUT2D eigenvalue weighted by Gasteiger charge is -2.26. The highest BCUT2D eigenvalue weighted by molar-refractivity contribution is 5.94. The van der Waals surface area contributed by atoms with Crippen LogP contribution in [0.1, 0.15) is 30.7 Å². The van der Waals surface area contributed by atoms with E-state index in [0.717, 1.165) is 24.1 Å². The molecule has 0 saturated carbocycles. The van der Waals surface area contributed by atoms with Crippen LogP contribution in [0, 0.1) is 0 Å². The van der Waals surface area contributed by atoms with Crippen LogP contribution < -0.4 is 10.6 Å². The van der Waals surface area contributed by atoms with E-state index in [9.17, 15) is 9.59 Å². The molecular weight excluding hydrogens is 284 g/mol. The van der Waals surface area contributed by atoms with Crippen molar-refractivity contribution < 1.29 is 19.1 Å². The second kappa shape index (κ2) is 6.79. The quantitative estimate of drug-likeness (QED) is 0.895. The molecule has 1 unspecified atom stereocenters. The highest BCUT2D eigenvalue weighted by Crippen LogP contribution is 2.31. The summed E-state index contributed by atoms with van der Waals surface area (Å²) in [5.41, 5.74) is 1.87. The fraction of sp³-hybridized carbons (Fsp3) is 0.500. The summed E-state index contributed by atoms with van der Waals surface area (Å²) in [6.45, 7) is 1.66. The van der Waals surface area contributed by atoms with Crippen LogP contribution in [0.4, 0.5) is 10.5 Å². The lowest BCUT2D eigenvalue weighted by Crippen LogP contribution is -2.36. The summed E-state index contributed by atoms with van der Waals surface area (Å²) in [5, 5.41) is 5.63. The fourth-order valence-corrected chi connectivity index (χ4v) is 2.88. The van der Waals surface area contributed by atoms with Crippen molar-refractivity contribution in [1.82, 2.24) is 5.32 Å². The number of carbonyl (C=O) groups excluding carboxylic acids is 2. The number of hydrogen-bond donors (Lipinski definition) is 2. The van der Waals surface area contributed by atoms with E-state index in [2.05, 4.69) is 10.6 Å². The minimum atomic E-state index is -0.421. The predicted molar refractivity (Wildman–Crippen MR) is 80.8 cm³/mol. The molecule has 0 aliphatic carbocycles. The zero-order chi connectivity index (χ0) is 15.4.